The lowest BCUT2D eigenvalue weighted by Gasteiger charge is -2.12. The lowest BCUT2D eigenvalue weighted by molar-refractivity contribution is 0.245. The summed E-state index contributed by atoms with van der Waals surface area (Å²) < 4.78 is 34.8. The molecular weight excluding hydrogens is 414 g/mol. The van der Waals surface area contributed by atoms with E-state index in [4.69, 9.17) is 9.94 Å². The van der Waals surface area contributed by atoms with Gasteiger partial charge in [-0.05, 0) is 57.5 Å². The van der Waals surface area contributed by atoms with Crippen LogP contribution in [0, 0.1) is 13.8 Å². The molecule has 0 unspecified atom stereocenters. The predicted molar refractivity (Wildman–Crippen MR) is 121 cm³/mol. The summed E-state index contributed by atoms with van der Waals surface area (Å²) in [6.07, 6.45) is 2.63. The molecule has 0 spiro atoms. The number of aryl methyl sites for hydroxylation is 2. The first kappa shape index (κ1) is 20.9. The van der Waals surface area contributed by atoms with Gasteiger partial charge >= 0.3 is 0 Å². The average Bonchev–Trinajstić information content (AvgIpc) is 3.07. The second-order valence-electron chi connectivity index (χ2n) is 7.67. The van der Waals surface area contributed by atoms with Crippen molar-refractivity contribution in [1.29, 1.82) is 0 Å². The fourth-order valence-corrected chi connectivity index (χ4v) is 5.26. The predicted octanol–water partition coefficient (Wildman–Crippen LogP) is 4.64. The summed E-state index contributed by atoms with van der Waals surface area (Å²) in [5.74, 6) is 0.580. The lowest BCUT2D eigenvalue weighted by atomic mass is 10.1. The highest BCUT2D eigenvalue weighted by atomic mass is 32.2. The molecule has 0 radical (unpaired) electrons. The van der Waals surface area contributed by atoms with Gasteiger partial charge in [-0.15, -0.1) is 0 Å². The van der Waals surface area contributed by atoms with Crippen LogP contribution in [-0.2, 0) is 10.0 Å². The minimum absolute atomic E-state index is 0.0988. The van der Waals surface area contributed by atoms with E-state index in [-0.39, 0.29) is 11.0 Å². The number of oxime groups is 1. The van der Waals surface area contributed by atoms with Gasteiger partial charge in [-0.25, -0.2) is 12.4 Å². The van der Waals surface area contributed by atoms with Crippen molar-refractivity contribution < 1.29 is 18.4 Å². The Labute approximate surface area is 180 Å². The van der Waals surface area contributed by atoms with Crippen molar-refractivity contribution in [3.05, 3.63) is 65.5 Å². The third kappa shape index (κ3) is 3.42. The fourth-order valence-electron chi connectivity index (χ4n) is 3.76. The number of fused-ring (bicyclic) bond motifs is 3. The molecular formula is C23H23N3O4S. The van der Waals surface area contributed by atoms with Gasteiger partial charge in [-0.1, -0.05) is 28.9 Å². The van der Waals surface area contributed by atoms with Crippen LogP contribution < -0.4 is 4.74 Å². The molecule has 2 heterocycles. The van der Waals surface area contributed by atoms with Gasteiger partial charge in [0.25, 0.3) is 10.0 Å². The average molecular weight is 438 g/mol. The van der Waals surface area contributed by atoms with Crippen molar-refractivity contribution in [3.8, 4) is 5.75 Å². The Hall–Kier alpha value is -3.39. The third-order valence-electron chi connectivity index (χ3n) is 5.13. The number of rotatable bonds is 5. The van der Waals surface area contributed by atoms with Crippen LogP contribution in [0.25, 0.3) is 21.8 Å². The molecule has 7 nitrogen and oxygen atoms in total. The molecule has 0 fully saturated rings. The van der Waals surface area contributed by atoms with Gasteiger partial charge in [0.05, 0.1) is 45.5 Å². The third-order valence-corrected chi connectivity index (χ3v) is 6.88. The topological polar surface area (TPSA) is 93.8 Å². The van der Waals surface area contributed by atoms with Crippen LogP contribution in [0.4, 0.5) is 0 Å². The molecule has 0 bridgehead atoms. The van der Waals surface area contributed by atoms with E-state index in [0.717, 1.165) is 5.56 Å². The van der Waals surface area contributed by atoms with Crippen molar-refractivity contribution in [2.45, 2.75) is 38.7 Å². The first-order valence-corrected chi connectivity index (χ1v) is 11.3. The van der Waals surface area contributed by atoms with Gasteiger partial charge < -0.3 is 9.94 Å². The molecule has 2 aromatic carbocycles. The van der Waals surface area contributed by atoms with Crippen LogP contribution >= 0.6 is 0 Å². The van der Waals surface area contributed by atoms with Crippen molar-refractivity contribution in [2.75, 3.05) is 0 Å². The Balaban J connectivity index is 2.17. The molecule has 160 valence electrons. The summed E-state index contributed by atoms with van der Waals surface area (Å²) >= 11 is 0. The monoisotopic (exact) mass is 437 g/mol. The van der Waals surface area contributed by atoms with E-state index in [0.29, 0.717) is 38.8 Å². The van der Waals surface area contributed by atoms with E-state index in [1.54, 1.807) is 36.4 Å². The summed E-state index contributed by atoms with van der Waals surface area (Å²) in [4.78, 5) is 4.51. The Morgan fingerprint density at radius 1 is 1.06 bits per heavy atom. The van der Waals surface area contributed by atoms with Crippen LogP contribution in [0.1, 0.15) is 30.7 Å². The SMILES string of the molecule is Cc1ccc(S(=O)(=O)n2c3cccc(OC(C)C)c3c3c(C)c(C=NO)ncc32)cc1. The van der Waals surface area contributed by atoms with Gasteiger partial charge in [-0.3, -0.25) is 4.98 Å². The molecule has 1 N–H and O–H groups in total. The Morgan fingerprint density at radius 3 is 2.42 bits per heavy atom. The summed E-state index contributed by atoms with van der Waals surface area (Å²) in [6.45, 7) is 7.56. The number of benzene rings is 2. The number of pyridine rings is 1. The van der Waals surface area contributed by atoms with E-state index in [2.05, 4.69) is 10.1 Å². The minimum atomic E-state index is -3.91. The standard InChI is InChI=1S/C23H23N3O4S/c1-14(2)30-21-7-5-6-19-23(21)22-16(4)18(12-25-27)24-13-20(22)26(19)31(28,29)17-10-8-15(3)9-11-17/h5-14,27H,1-4H3. The molecule has 2 aromatic heterocycles. The van der Waals surface area contributed by atoms with E-state index in [1.807, 2.05) is 33.8 Å². The maximum absolute atomic E-state index is 13.7. The number of hydrogen-bond acceptors (Lipinski definition) is 6. The van der Waals surface area contributed by atoms with Crippen LogP contribution in [0.5, 0.6) is 5.75 Å². The van der Waals surface area contributed by atoms with Crippen LogP contribution in [0.15, 0.2) is 58.7 Å². The van der Waals surface area contributed by atoms with Gasteiger partial charge in [0.15, 0.2) is 0 Å². The van der Waals surface area contributed by atoms with Crippen LogP contribution in [0.3, 0.4) is 0 Å². The highest BCUT2D eigenvalue weighted by Crippen LogP contribution is 2.40. The van der Waals surface area contributed by atoms with Crippen molar-refractivity contribution in [1.82, 2.24) is 8.96 Å². The normalized spacial score (nSPS) is 12.4. The molecule has 0 aliphatic carbocycles. The number of aromatic nitrogens is 2. The number of nitrogens with zero attached hydrogens (tertiary/aromatic N) is 3. The van der Waals surface area contributed by atoms with Crippen molar-refractivity contribution in [3.63, 3.8) is 0 Å². The Bertz CT molecular complexity index is 1420. The van der Waals surface area contributed by atoms with Gasteiger partial charge in [-0.2, -0.15) is 0 Å². The zero-order valence-electron chi connectivity index (χ0n) is 17.7. The zero-order valence-corrected chi connectivity index (χ0v) is 18.5. The maximum Gasteiger partial charge on any atom is 0.268 e. The summed E-state index contributed by atoms with van der Waals surface area (Å²) in [7, 11) is -3.91. The van der Waals surface area contributed by atoms with Crippen molar-refractivity contribution in [2.24, 2.45) is 5.16 Å². The lowest BCUT2D eigenvalue weighted by Crippen LogP contribution is -2.13. The Kier molecular flexibility index (Phi) is 5.18. The molecule has 0 aliphatic rings. The molecule has 0 atom stereocenters. The second-order valence-corrected chi connectivity index (χ2v) is 9.46. The van der Waals surface area contributed by atoms with Crippen LogP contribution in [0.2, 0.25) is 0 Å². The maximum atomic E-state index is 13.7. The minimum Gasteiger partial charge on any atom is -0.490 e. The van der Waals surface area contributed by atoms with E-state index in [9.17, 15) is 8.42 Å². The summed E-state index contributed by atoms with van der Waals surface area (Å²) in [5.41, 5.74) is 3.04. The van der Waals surface area contributed by atoms with Crippen molar-refractivity contribution >= 4 is 38.0 Å². The van der Waals surface area contributed by atoms with Gasteiger partial charge in [0.2, 0.25) is 0 Å². The zero-order chi connectivity index (χ0) is 22.3. The molecule has 0 saturated carbocycles. The largest absolute Gasteiger partial charge is 0.490 e. The first-order chi connectivity index (χ1) is 14.8. The number of hydrogen-bond donors (Lipinski definition) is 1. The fraction of sp³-hybridized carbons (Fsp3) is 0.217. The summed E-state index contributed by atoms with van der Waals surface area (Å²) in [6, 6.07) is 12.1. The second kappa shape index (κ2) is 7.70. The molecule has 0 saturated heterocycles. The molecule has 31 heavy (non-hydrogen) atoms. The highest BCUT2D eigenvalue weighted by molar-refractivity contribution is 7.90. The molecule has 0 amide bonds. The highest BCUT2D eigenvalue weighted by Gasteiger charge is 2.27. The van der Waals surface area contributed by atoms with E-state index >= 15 is 0 Å². The quantitative estimate of drug-likeness (QED) is 0.279. The summed E-state index contributed by atoms with van der Waals surface area (Å²) in [5, 5.41) is 13.5. The molecule has 4 rings (SSSR count). The molecule has 0 aliphatic heterocycles. The van der Waals surface area contributed by atoms with E-state index < -0.39 is 10.0 Å². The van der Waals surface area contributed by atoms with E-state index in [1.165, 1.54) is 16.4 Å². The smallest absolute Gasteiger partial charge is 0.268 e. The van der Waals surface area contributed by atoms with Crippen LogP contribution in [-0.4, -0.2) is 34.9 Å². The first-order valence-electron chi connectivity index (χ1n) is 9.84. The molecule has 4 aromatic rings. The number of ether oxygens (including phenoxy) is 1. The van der Waals surface area contributed by atoms with Gasteiger partial charge in [0.1, 0.15) is 5.75 Å². The molecule has 8 heteroatoms. The Morgan fingerprint density at radius 2 is 1.77 bits per heavy atom. The van der Waals surface area contributed by atoms with Gasteiger partial charge in [0, 0.05) is 5.39 Å².